The van der Waals surface area contributed by atoms with Gasteiger partial charge in [-0.2, -0.15) is 0 Å². The molecule has 0 bridgehead atoms. The molecule has 1 spiro atoms. The average Bonchev–Trinajstić information content (AvgIpc) is 3.73. The largest absolute Gasteiger partial charge is 0.456 e. The van der Waals surface area contributed by atoms with E-state index in [1.165, 1.54) is 54.3 Å². The van der Waals surface area contributed by atoms with Crippen LogP contribution < -0.4 is 15.9 Å². The van der Waals surface area contributed by atoms with E-state index in [-0.39, 0.29) is 5.41 Å². The molecule has 56 heavy (non-hydrogen) atoms. The van der Waals surface area contributed by atoms with Gasteiger partial charge >= 0.3 is 0 Å². The van der Waals surface area contributed by atoms with Crippen LogP contribution in [0.5, 0.6) is 0 Å². The predicted octanol–water partition coefficient (Wildman–Crippen LogP) is 12.4. The molecule has 12 rings (SSSR count). The molecule has 9 aromatic rings. The Morgan fingerprint density at radius 1 is 0.482 bits per heavy atom. The highest BCUT2D eigenvalue weighted by Crippen LogP contribution is 2.63. The lowest BCUT2D eigenvalue weighted by atomic mass is 9.64. The molecule has 2 unspecified atom stereocenters. The summed E-state index contributed by atoms with van der Waals surface area (Å²) in [6.07, 6.45) is 0. The van der Waals surface area contributed by atoms with Crippen LogP contribution in [0.3, 0.4) is 0 Å². The zero-order valence-electron chi connectivity index (χ0n) is 30.9. The standard InChI is InChI=1S/C52H35O2PS/c1-51(2)39-21-8-6-17-35(39)37-20-14-19-34(50(37)51)32-27-28-42-49(29-32)56-48-26-13-10-23-41(48)52(42)40-22-9-12-25-46(40)55(53,33-15-4-3-5-16-33)47-31-45-38(30-43(47)52)36-18-7-11-24-44(36)54-45/h3-31H,1-2H3. The minimum Gasteiger partial charge on any atom is -0.456 e. The number of fused-ring (bicyclic) bond motifs is 14. The molecule has 3 aliphatic rings. The lowest BCUT2D eigenvalue weighted by molar-refractivity contribution is 0.589. The van der Waals surface area contributed by atoms with E-state index in [1.54, 1.807) is 0 Å². The molecule has 1 aromatic heterocycles. The summed E-state index contributed by atoms with van der Waals surface area (Å²) in [4.78, 5) is 2.42. The molecule has 0 radical (unpaired) electrons. The van der Waals surface area contributed by atoms with E-state index in [4.69, 9.17) is 4.42 Å². The molecule has 8 aromatic carbocycles. The molecule has 0 saturated heterocycles. The zero-order valence-corrected chi connectivity index (χ0v) is 32.6. The van der Waals surface area contributed by atoms with Crippen molar-refractivity contribution in [2.24, 2.45) is 0 Å². The van der Waals surface area contributed by atoms with Crippen molar-refractivity contribution in [2.75, 3.05) is 0 Å². The first-order valence-electron chi connectivity index (χ1n) is 19.3. The second-order valence-electron chi connectivity index (χ2n) is 15.9. The number of hydrogen-bond donors (Lipinski definition) is 0. The second-order valence-corrected chi connectivity index (χ2v) is 19.7. The van der Waals surface area contributed by atoms with Gasteiger partial charge in [0.25, 0.3) is 0 Å². The van der Waals surface area contributed by atoms with E-state index < -0.39 is 12.6 Å². The minimum absolute atomic E-state index is 0.141. The van der Waals surface area contributed by atoms with Gasteiger partial charge in [0.1, 0.15) is 11.2 Å². The maximum Gasteiger partial charge on any atom is 0.171 e. The smallest absolute Gasteiger partial charge is 0.171 e. The van der Waals surface area contributed by atoms with Crippen LogP contribution in [-0.2, 0) is 15.4 Å². The molecule has 1 aliphatic carbocycles. The SMILES string of the molecule is CC1(C)c2ccccc2-c2cccc(-c3ccc4c(c3)Sc3ccccc3C43c4ccccc4P(=O)(c4ccccc4)c4cc5oc6ccccc6c5cc43)c21. The van der Waals surface area contributed by atoms with Gasteiger partial charge < -0.3 is 8.98 Å². The molecule has 2 aliphatic heterocycles. The Morgan fingerprint density at radius 2 is 1.16 bits per heavy atom. The number of furan rings is 1. The second kappa shape index (κ2) is 11.4. The van der Waals surface area contributed by atoms with Gasteiger partial charge in [0.15, 0.2) is 7.14 Å². The van der Waals surface area contributed by atoms with E-state index in [0.717, 1.165) is 49.0 Å². The lowest BCUT2D eigenvalue weighted by Gasteiger charge is -2.47. The van der Waals surface area contributed by atoms with Crippen LogP contribution in [0.1, 0.15) is 47.2 Å². The van der Waals surface area contributed by atoms with Crippen LogP contribution in [0, 0.1) is 0 Å². The molecular weight excluding hydrogens is 720 g/mol. The van der Waals surface area contributed by atoms with Gasteiger partial charge in [0, 0.05) is 41.9 Å². The van der Waals surface area contributed by atoms with Gasteiger partial charge in [-0.15, -0.1) is 0 Å². The Balaban J connectivity index is 1.20. The summed E-state index contributed by atoms with van der Waals surface area (Å²) in [5, 5.41) is 4.64. The van der Waals surface area contributed by atoms with E-state index in [2.05, 4.69) is 147 Å². The highest BCUT2D eigenvalue weighted by Gasteiger charge is 2.54. The minimum atomic E-state index is -3.39. The maximum absolute atomic E-state index is 16.4. The van der Waals surface area contributed by atoms with Gasteiger partial charge in [0.2, 0.25) is 0 Å². The Labute approximate surface area is 330 Å². The van der Waals surface area contributed by atoms with Crippen molar-refractivity contribution < 1.29 is 8.98 Å². The van der Waals surface area contributed by atoms with Gasteiger partial charge in [-0.3, -0.25) is 0 Å². The van der Waals surface area contributed by atoms with Crippen LogP contribution in [0.25, 0.3) is 44.2 Å². The number of para-hydroxylation sites is 1. The van der Waals surface area contributed by atoms with Crippen LogP contribution in [-0.4, -0.2) is 0 Å². The van der Waals surface area contributed by atoms with E-state index in [0.29, 0.717) is 0 Å². The highest BCUT2D eigenvalue weighted by atomic mass is 32.2. The van der Waals surface area contributed by atoms with Crippen LogP contribution in [0.4, 0.5) is 0 Å². The van der Waals surface area contributed by atoms with Crippen LogP contribution >= 0.6 is 18.9 Å². The first-order chi connectivity index (χ1) is 27.4. The van der Waals surface area contributed by atoms with Crippen molar-refractivity contribution in [3.63, 3.8) is 0 Å². The Hall–Kier alpha value is -5.86. The molecule has 0 amide bonds. The van der Waals surface area contributed by atoms with Crippen molar-refractivity contribution in [2.45, 2.75) is 34.5 Å². The molecule has 4 heteroatoms. The van der Waals surface area contributed by atoms with Gasteiger partial charge in [0.05, 0.1) is 5.41 Å². The molecule has 0 N–H and O–H groups in total. The van der Waals surface area contributed by atoms with Crippen molar-refractivity contribution >= 4 is 56.8 Å². The van der Waals surface area contributed by atoms with Crippen LogP contribution in [0.2, 0.25) is 0 Å². The topological polar surface area (TPSA) is 30.2 Å². The molecule has 0 fully saturated rings. The molecular formula is C52H35O2PS. The summed E-state index contributed by atoms with van der Waals surface area (Å²) < 4.78 is 23.0. The fraction of sp³-hybridized carbons (Fsp3) is 0.0769. The summed E-state index contributed by atoms with van der Waals surface area (Å²) in [7, 11) is -3.39. The normalized spacial score (nSPS) is 19.5. The average molecular weight is 755 g/mol. The summed E-state index contributed by atoms with van der Waals surface area (Å²) in [5.41, 5.74) is 13.1. The summed E-state index contributed by atoms with van der Waals surface area (Å²) in [6.45, 7) is 4.72. The first kappa shape index (κ1) is 32.4. The third-order valence-corrected chi connectivity index (χ3v) is 17.1. The molecule has 2 atom stereocenters. The third kappa shape index (κ3) is 4.02. The van der Waals surface area contributed by atoms with Crippen molar-refractivity contribution in [3.8, 4) is 22.3 Å². The Bertz CT molecular complexity index is 3190. The third-order valence-electron chi connectivity index (χ3n) is 12.8. The fourth-order valence-electron chi connectivity index (χ4n) is 10.5. The quantitative estimate of drug-likeness (QED) is 0.165. The summed E-state index contributed by atoms with van der Waals surface area (Å²) in [6, 6.07) is 62.9. The number of hydrogen-bond acceptors (Lipinski definition) is 3. The van der Waals surface area contributed by atoms with E-state index >= 15 is 4.57 Å². The van der Waals surface area contributed by atoms with E-state index in [9.17, 15) is 0 Å². The molecule has 2 nitrogen and oxygen atoms in total. The van der Waals surface area contributed by atoms with Crippen LogP contribution in [0.15, 0.2) is 190 Å². The van der Waals surface area contributed by atoms with Crippen molar-refractivity contribution in [1.82, 2.24) is 0 Å². The molecule has 0 saturated carbocycles. The molecule has 266 valence electrons. The maximum atomic E-state index is 16.4. The first-order valence-corrected chi connectivity index (χ1v) is 21.8. The highest BCUT2D eigenvalue weighted by molar-refractivity contribution is 7.99. The lowest BCUT2D eigenvalue weighted by Crippen LogP contribution is -2.48. The van der Waals surface area contributed by atoms with E-state index in [1.807, 2.05) is 54.2 Å². The Morgan fingerprint density at radius 3 is 2.04 bits per heavy atom. The van der Waals surface area contributed by atoms with Gasteiger partial charge in [-0.25, -0.2) is 0 Å². The Kier molecular flexibility index (Phi) is 6.57. The monoisotopic (exact) mass is 754 g/mol. The summed E-state index contributed by atoms with van der Waals surface area (Å²) in [5.74, 6) is 0. The summed E-state index contributed by atoms with van der Waals surface area (Å²) >= 11 is 1.85. The van der Waals surface area contributed by atoms with Gasteiger partial charge in [-0.05, 0) is 86.0 Å². The number of benzene rings is 8. The molecule has 3 heterocycles. The van der Waals surface area contributed by atoms with Crippen molar-refractivity contribution in [3.05, 3.63) is 209 Å². The van der Waals surface area contributed by atoms with Crippen molar-refractivity contribution in [1.29, 1.82) is 0 Å². The fourth-order valence-corrected chi connectivity index (χ4v) is 14.8. The number of rotatable bonds is 2. The van der Waals surface area contributed by atoms with Gasteiger partial charge in [-0.1, -0.05) is 171 Å². The zero-order chi connectivity index (χ0) is 37.4. The predicted molar refractivity (Wildman–Crippen MR) is 232 cm³/mol.